The number of rotatable bonds is 2. The molecule has 0 amide bonds. The highest BCUT2D eigenvalue weighted by Gasteiger charge is 2.09. The van der Waals surface area contributed by atoms with Crippen LogP contribution in [0.2, 0.25) is 0 Å². The summed E-state index contributed by atoms with van der Waals surface area (Å²) in [5.74, 6) is -1.25. The van der Waals surface area contributed by atoms with Crippen molar-refractivity contribution in [3.63, 3.8) is 0 Å². The van der Waals surface area contributed by atoms with E-state index in [2.05, 4.69) is 4.98 Å². The third kappa shape index (κ3) is 2.36. The zero-order chi connectivity index (χ0) is 12.4. The average molecular weight is 233 g/mol. The summed E-state index contributed by atoms with van der Waals surface area (Å²) in [6.45, 7) is 1.39. The Morgan fingerprint density at radius 2 is 1.94 bits per heavy atom. The molecule has 2 aromatic rings. The van der Waals surface area contributed by atoms with Gasteiger partial charge in [-0.1, -0.05) is 0 Å². The molecule has 2 nitrogen and oxygen atoms in total. The molecule has 17 heavy (non-hydrogen) atoms. The van der Waals surface area contributed by atoms with Crippen LogP contribution in [0.15, 0.2) is 36.7 Å². The maximum atomic E-state index is 13.5. The van der Waals surface area contributed by atoms with Gasteiger partial charge in [0.1, 0.15) is 11.6 Å². The van der Waals surface area contributed by atoms with Crippen LogP contribution in [0.4, 0.5) is 8.78 Å². The van der Waals surface area contributed by atoms with E-state index in [4.69, 9.17) is 0 Å². The molecule has 0 atom stereocenters. The highest BCUT2D eigenvalue weighted by atomic mass is 19.1. The van der Waals surface area contributed by atoms with Gasteiger partial charge in [0.2, 0.25) is 0 Å². The lowest BCUT2D eigenvalue weighted by atomic mass is 10.0. The van der Waals surface area contributed by atoms with Crippen molar-refractivity contribution in [1.82, 2.24) is 4.98 Å². The Morgan fingerprint density at radius 3 is 2.65 bits per heavy atom. The number of hydrogen-bond acceptors (Lipinski definition) is 2. The number of benzene rings is 1. The first-order valence-corrected chi connectivity index (χ1v) is 4.99. The Hall–Kier alpha value is -2.10. The number of Topliss-reactive ketones (excluding diaryl/α,β-unsaturated/α-hetero) is 1. The number of ketones is 1. The minimum absolute atomic E-state index is 0.0978. The normalized spacial score (nSPS) is 10.3. The summed E-state index contributed by atoms with van der Waals surface area (Å²) in [7, 11) is 0. The standard InChI is InChI=1S/C13H9F2NO/c1-8(17)9-4-10(7-16-6-9)12-5-11(14)2-3-13(12)15/h2-7H,1H3. The van der Waals surface area contributed by atoms with E-state index in [0.717, 1.165) is 18.2 Å². The Morgan fingerprint density at radius 1 is 1.18 bits per heavy atom. The van der Waals surface area contributed by atoms with Crippen molar-refractivity contribution >= 4 is 5.78 Å². The lowest BCUT2D eigenvalue weighted by Gasteiger charge is -2.04. The summed E-state index contributed by atoms with van der Waals surface area (Å²) in [6, 6.07) is 4.66. The van der Waals surface area contributed by atoms with Crippen LogP contribution in [-0.4, -0.2) is 10.8 Å². The van der Waals surface area contributed by atoms with Gasteiger partial charge in [-0.15, -0.1) is 0 Å². The van der Waals surface area contributed by atoms with Gasteiger partial charge in [0, 0.05) is 29.1 Å². The van der Waals surface area contributed by atoms with Crippen LogP contribution < -0.4 is 0 Å². The first-order chi connectivity index (χ1) is 8.08. The summed E-state index contributed by atoms with van der Waals surface area (Å²) in [4.78, 5) is 15.0. The Bertz CT molecular complexity index is 581. The zero-order valence-corrected chi connectivity index (χ0v) is 9.08. The van der Waals surface area contributed by atoms with Gasteiger partial charge in [-0.25, -0.2) is 8.78 Å². The fourth-order valence-electron chi connectivity index (χ4n) is 1.50. The molecule has 0 unspecified atom stereocenters. The fourth-order valence-corrected chi connectivity index (χ4v) is 1.50. The van der Waals surface area contributed by atoms with E-state index in [9.17, 15) is 13.6 Å². The molecule has 0 radical (unpaired) electrons. The molecule has 0 saturated carbocycles. The number of halogens is 2. The predicted molar refractivity (Wildman–Crippen MR) is 59.6 cm³/mol. The molecule has 1 aromatic heterocycles. The molecule has 0 aliphatic rings. The molecule has 0 fully saturated rings. The quantitative estimate of drug-likeness (QED) is 0.745. The van der Waals surface area contributed by atoms with Gasteiger partial charge in [0.05, 0.1) is 0 Å². The van der Waals surface area contributed by atoms with Crippen LogP contribution in [0.1, 0.15) is 17.3 Å². The third-order valence-electron chi connectivity index (χ3n) is 2.38. The summed E-state index contributed by atoms with van der Waals surface area (Å²) in [5.41, 5.74) is 0.849. The van der Waals surface area contributed by atoms with Crippen molar-refractivity contribution in [2.24, 2.45) is 0 Å². The van der Waals surface area contributed by atoms with Gasteiger partial charge in [-0.05, 0) is 31.2 Å². The predicted octanol–water partition coefficient (Wildman–Crippen LogP) is 3.23. The third-order valence-corrected chi connectivity index (χ3v) is 2.38. The molecule has 4 heteroatoms. The van der Waals surface area contributed by atoms with Gasteiger partial charge in [0.15, 0.2) is 5.78 Å². The van der Waals surface area contributed by atoms with Gasteiger partial charge in [-0.2, -0.15) is 0 Å². The van der Waals surface area contributed by atoms with Crippen LogP contribution in [0, 0.1) is 11.6 Å². The van der Waals surface area contributed by atoms with Crippen LogP contribution in [0.5, 0.6) is 0 Å². The van der Waals surface area contributed by atoms with Crippen molar-refractivity contribution < 1.29 is 13.6 Å². The molecule has 0 saturated heterocycles. The molecular weight excluding hydrogens is 224 g/mol. The lowest BCUT2D eigenvalue weighted by Crippen LogP contribution is -1.95. The van der Waals surface area contributed by atoms with E-state index in [1.807, 2.05) is 0 Å². The van der Waals surface area contributed by atoms with Crippen molar-refractivity contribution in [2.45, 2.75) is 6.92 Å². The zero-order valence-electron chi connectivity index (χ0n) is 9.08. The molecule has 0 aliphatic carbocycles. The van der Waals surface area contributed by atoms with E-state index in [1.54, 1.807) is 0 Å². The molecule has 1 aromatic carbocycles. The summed E-state index contributed by atoms with van der Waals surface area (Å²) < 4.78 is 26.5. The van der Waals surface area contributed by atoms with E-state index in [0.29, 0.717) is 11.1 Å². The number of pyridine rings is 1. The fraction of sp³-hybridized carbons (Fsp3) is 0.0769. The van der Waals surface area contributed by atoms with Gasteiger partial charge in [-0.3, -0.25) is 9.78 Å². The Kier molecular flexibility index (Phi) is 2.95. The van der Waals surface area contributed by atoms with E-state index >= 15 is 0 Å². The van der Waals surface area contributed by atoms with E-state index in [-0.39, 0.29) is 11.3 Å². The second-order valence-electron chi connectivity index (χ2n) is 3.64. The summed E-state index contributed by atoms with van der Waals surface area (Å²) in [5, 5.41) is 0. The van der Waals surface area contributed by atoms with Crippen molar-refractivity contribution in [3.05, 3.63) is 53.9 Å². The highest BCUT2D eigenvalue weighted by molar-refractivity contribution is 5.94. The molecular formula is C13H9F2NO. The van der Waals surface area contributed by atoms with Gasteiger partial charge >= 0.3 is 0 Å². The molecule has 2 rings (SSSR count). The van der Waals surface area contributed by atoms with Crippen molar-refractivity contribution in [1.29, 1.82) is 0 Å². The first kappa shape index (κ1) is 11.4. The smallest absolute Gasteiger partial charge is 0.161 e. The second-order valence-corrected chi connectivity index (χ2v) is 3.64. The van der Waals surface area contributed by atoms with Gasteiger partial charge < -0.3 is 0 Å². The summed E-state index contributed by atoms with van der Waals surface area (Å²) >= 11 is 0. The number of hydrogen-bond donors (Lipinski definition) is 0. The highest BCUT2D eigenvalue weighted by Crippen LogP contribution is 2.23. The second kappa shape index (κ2) is 4.41. The largest absolute Gasteiger partial charge is 0.294 e. The number of aromatic nitrogens is 1. The molecule has 0 aliphatic heterocycles. The first-order valence-electron chi connectivity index (χ1n) is 4.99. The minimum Gasteiger partial charge on any atom is -0.294 e. The van der Waals surface area contributed by atoms with Crippen LogP contribution in [0.3, 0.4) is 0 Å². The topological polar surface area (TPSA) is 30.0 Å². The number of nitrogens with zero attached hydrogens (tertiary/aromatic N) is 1. The van der Waals surface area contributed by atoms with E-state index in [1.165, 1.54) is 25.4 Å². The van der Waals surface area contributed by atoms with Crippen LogP contribution in [0.25, 0.3) is 11.1 Å². The minimum atomic E-state index is -0.547. The number of carbonyl (C=O) groups excluding carboxylic acids is 1. The lowest BCUT2D eigenvalue weighted by molar-refractivity contribution is 0.101. The molecule has 1 heterocycles. The van der Waals surface area contributed by atoms with E-state index < -0.39 is 11.6 Å². The number of carbonyl (C=O) groups is 1. The van der Waals surface area contributed by atoms with Crippen molar-refractivity contribution in [2.75, 3.05) is 0 Å². The molecule has 0 spiro atoms. The van der Waals surface area contributed by atoms with Crippen LogP contribution in [-0.2, 0) is 0 Å². The maximum Gasteiger partial charge on any atom is 0.161 e. The monoisotopic (exact) mass is 233 g/mol. The SMILES string of the molecule is CC(=O)c1cncc(-c2cc(F)ccc2F)c1. The molecule has 0 bridgehead atoms. The Labute approximate surface area is 96.9 Å². The average Bonchev–Trinajstić information content (AvgIpc) is 2.32. The maximum absolute atomic E-state index is 13.5. The molecule has 86 valence electrons. The molecule has 0 N–H and O–H groups in total. The summed E-state index contributed by atoms with van der Waals surface area (Å²) in [6.07, 6.45) is 2.79. The van der Waals surface area contributed by atoms with Gasteiger partial charge in [0.25, 0.3) is 0 Å². The van der Waals surface area contributed by atoms with Crippen molar-refractivity contribution in [3.8, 4) is 11.1 Å². The van der Waals surface area contributed by atoms with Crippen LogP contribution >= 0.6 is 0 Å². The Balaban J connectivity index is 2.56.